The van der Waals surface area contributed by atoms with Gasteiger partial charge in [0.1, 0.15) is 0 Å². The number of hydrogen-bond acceptors (Lipinski definition) is 7. The topological polar surface area (TPSA) is 93.4 Å². The van der Waals surface area contributed by atoms with Crippen molar-refractivity contribution in [3.63, 3.8) is 0 Å². The van der Waals surface area contributed by atoms with E-state index in [1.54, 1.807) is 0 Å². The van der Waals surface area contributed by atoms with Gasteiger partial charge in [0.2, 0.25) is 11.8 Å². The Hall–Kier alpha value is -2.81. The average molecular weight is 839 g/mol. The highest BCUT2D eigenvalue weighted by Gasteiger charge is 2.40. The molecule has 344 valence electrons. The lowest BCUT2D eigenvalue weighted by Gasteiger charge is -2.29. The minimum Gasteiger partial charge on any atom is -0.492 e. The van der Waals surface area contributed by atoms with Crippen LogP contribution in [0.25, 0.3) is 0 Å². The minimum atomic E-state index is -0.474. The summed E-state index contributed by atoms with van der Waals surface area (Å²) in [6.07, 6.45) is 54.8. The molecule has 1 aliphatic rings. The third kappa shape index (κ3) is 27.9. The highest BCUT2D eigenvalue weighted by atomic mass is 16.7. The van der Waals surface area contributed by atoms with E-state index in [1.807, 2.05) is 0 Å². The highest BCUT2D eigenvalue weighted by Crippen LogP contribution is 2.36. The molecule has 1 aromatic heterocycles. The van der Waals surface area contributed by atoms with E-state index >= 15 is 0 Å². The lowest BCUT2D eigenvalue weighted by Crippen LogP contribution is -2.32. The van der Waals surface area contributed by atoms with Crippen LogP contribution in [0.3, 0.4) is 0 Å². The molecule has 0 spiro atoms. The molecule has 2 rings (SSSR count). The summed E-state index contributed by atoms with van der Waals surface area (Å²) in [4.78, 5) is 19.5. The first-order valence-electron chi connectivity index (χ1n) is 24.8. The molecule has 0 radical (unpaired) electrons. The SMILES string of the molecule is CCCCCC=CCC=CCCCCCCCCC1(CCCCCCCCC=CCC=CCCCCC)OCC(CCN(C)CCCCCC(=O)On2c(O)ccc2O)O1. The summed E-state index contributed by atoms with van der Waals surface area (Å²) < 4.78 is 14.1. The Balaban J connectivity index is 1.65. The second kappa shape index (κ2) is 36.8. The summed E-state index contributed by atoms with van der Waals surface area (Å²) in [6.45, 7) is 7.11. The fourth-order valence-corrected chi connectivity index (χ4v) is 7.86. The van der Waals surface area contributed by atoms with Crippen LogP contribution in [0.2, 0.25) is 0 Å². The Bertz CT molecular complexity index is 1220. The number of hydrogen-bond donors (Lipinski definition) is 2. The van der Waals surface area contributed by atoms with Gasteiger partial charge in [-0.2, -0.15) is 0 Å². The number of ether oxygens (including phenoxy) is 2. The zero-order chi connectivity index (χ0) is 43.2. The van der Waals surface area contributed by atoms with Crippen LogP contribution in [0.1, 0.15) is 213 Å². The van der Waals surface area contributed by atoms with Crippen molar-refractivity contribution >= 4 is 5.97 Å². The van der Waals surface area contributed by atoms with Crippen LogP contribution in [0.5, 0.6) is 11.8 Å². The van der Waals surface area contributed by atoms with E-state index in [1.165, 1.54) is 153 Å². The summed E-state index contributed by atoms with van der Waals surface area (Å²) >= 11 is 0. The molecule has 0 bridgehead atoms. The fourth-order valence-electron chi connectivity index (χ4n) is 7.86. The maximum Gasteiger partial charge on any atom is 0.333 e. The number of carbonyl (C=O) groups is 1. The highest BCUT2D eigenvalue weighted by molar-refractivity contribution is 5.69. The van der Waals surface area contributed by atoms with Gasteiger partial charge in [-0.15, -0.1) is 4.73 Å². The van der Waals surface area contributed by atoms with Gasteiger partial charge in [0.15, 0.2) is 5.79 Å². The quantitative estimate of drug-likeness (QED) is 0.0502. The van der Waals surface area contributed by atoms with Crippen molar-refractivity contribution in [1.29, 1.82) is 0 Å². The van der Waals surface area contributed by atoms with Crippen molar-refractivity contribution < 1.29 is 29.3 Å². The minimum absolute atomic E-state index is 0.137. The van der Waals surface area contributed by atoms with E-state index in [-0.39, 0.29) is 24.3 Å². The van der Waals surface area contributed by atoms with Crippen molar-refractivity contribution in [1.82, 2.24) is 9.63 Å². The number of allylic oxidation sites excluding steroid dienone is 8. The number of rotatable bonds is 40. The molecule has 0 saturated carbocycles. The van der Waals surface area contributed by atoms with Gasteiger partial charge in [0.25, 0.3) is 0 Å². The van der Waals surface area contributed by atoms with Crippen molar-refractivity contribution in [2.45, 2.75) is 225 Å². The molecule has 8 nitrogen and oxygen atoms in total. The monoisotopic (exact) mass is 839 g/mol. The summed E-state index contributed by atoms with van der Waals surface area (Å²) in [7, 11) is 2.16. The van der Waals surface area contributed by atoms with Crippen LogP contribution >= 0.6 is 0 Å². The third-order valence-electron chi connectivity index (χ3n) is 11.7. The molecule has 8 heteroatoms. The van der Waals surface area contributed by atoms with Crippen LogP contribution in [0.4, 0.5) is 0 Å². The van der Waals surface area contributed by atoms with Crippen LogP contribution < -0.4 is 4.84 Å². The van der Waals surface area contributed by atoms with Crippen LogP contribution in [0, 0.1) is 0 Å². The molecular formula is C52H90N2O6. The Morgan fingerprint density at radius 3 is 1.60 bits per heavy atom. The van der Waals surface area contributed by atoms with E-state index in [9.17, 15) is 15.0 Å². The molecule has 2 N–H and O–H groups in total. The van der Waals surface area contributed by atoms with E-state index in [0.29, 0.717) is 13.0 Å². The number of unbranched alkanes of at least 4 members (excludes halogenated alkanes) is 20. The molecule has 1 fully saturated rings. The first-order chi connectivity index (χ1) is 29.4. The molecule has 0 amide bonds. The second-order valence-electron chi connectivity index (χ2n) is 17.3. The van der Waals surface area contributed by atoms with Gasteiger partial charge < -0.3 is 29.4 Å². The summed E-state index contributed by atoms with van der Waals surface area (Å²) in [5, 5.41) is 19.3. The second-order valence-corrected chi connectivity index (χ2v) is 17.3. The fraction of sp³-hybridized carbons (Fsp3) is 0.750. The summed E-state index contributed by atoms with van der Waals surface area (Å²) in [6, 6.07) is 2.55. The van der Waals surface area contributed by atoms with E-state index in [0.717, 1.165) is 62.8 Å². The molecule has 1 aromatic rings. The van der Waals surface area contributed by atoms with Crippen molar-refractivity contribution in [3.8, 4) is 11.8 Å². The van der Waals surface area contributed by atoms with Gasteiger partial charge in [-0.3, -0.25) is 0 Å². The van der Waals surface area contributed by atoms with Crippen LogP contribution in [-0.4, -0.2) is 64.4 Å². The molecule has 1 saturated heterocycles. The van der Waals surface area contributed by atoms with Gasteiger partial charge >= 0.3 is 5.97 Å². The zero-order valence-electron chi connectivity index (χ0n) is 38.8. The van der Waals surface area contributed by atoms with Crippen molar-refractivity contribution in [2.24, 2.45) is 0 Å². The van der Waals surface area contributed by atoms with E-state index in [4.69, 9.17) is 14.3 Å². The van der Waals surface area contributed by atoms with Gasteiger partial charge in [0.05, 0.1) is 12.7 Å². The molecule has 60 heavy (non-hydrogen) atoms. The molecule has 0 aromatic carbocycles. The first-order valence-corrected chi connectivity index (χ1v) is 24.8. The first kappa shape index (κ1) is 53.3. The van der Waals surface area contributed by atoms with Gasteiger partial charge in [-0.25, -0.2) is 4.79 Å². The van der Waals surface area contributed by atoms with Crippen LogP contribution in [-0.2, 0) is 14.3 Å². The molecule has 2 heterocycles. The summed E-state index contributed by atoms with van der Waals surface area (Å²) in [5.74, 6) is -1.50. The number of carbonyl (C=O) groups excluding carboxylic acids is 1. The lowest BCUT2D eigenvalue weighted by atomic mass is 9.98. The van der Waals surface area contributed by atoms with Crippen molar-refractivity contribution in [2.75, 3.05) is 26.7 Å². The molecule has 1 atom stereocenters. The number of aromatic nitrogens is 1. The number of aromatic hydroxyl groups is 2. The maximum atomic E-state index is 12.1. The Morgan fingerprint density at radius 2 is 1.10 bits per heavy atom. The Labute approximate surface area is 367 Å². The largest absolute Gasteiger partial charge is 0.492 e. The van der Waals surface area contributed by atoms with Crippen molar-refractivity contribution in [3.05, 3.63) is 60.7 Å². The van der Waals surface area contributed by atoms with Crippen LogP contribution in [0.15, 0.2) is 60.7 Å². The van der Waals surface area contributed by atoms with E-state index in [2.05, 4.69) is 74.4 Å². The molecule has 0 aliphatic carbocycles. The van der Waals surface area contributed by atoms with E-state index < -0.39 is 11.8 Å². The lowest BCUT2D eigenvalue weighted by molar-refractivity contribution is -0.180. The van der Waals surface area contributed by atoms with Gasteiger partial charge in [-0.1, -0.05) is 146 Å². The maximum absolute atomic E-state index is 12.1. The average Bonchev–Trinajstić information content (AvgIpc) is 3.80. The molecule has 1 unspecified atom stereocenters. The Kier molecular flexibility index (Phi) is 32.7. The zero-order valence-corrected chi connectivity index (χ0v) is 38.8. The Morgan fingerprint density at radius 1 is 0.650 bits per heavy atom. The predicted molar refractivity (Wildman–Crippen MR) is 251 cm³/mol. The smallest absolute Gasteiger partial charge is 0.333 e. The number of nitrogens with zero attached hydrogens (tertiary/aromatic N) is 2. The molecule has 1 aliphatic heterocycles. The van der Waals surface area contributed by atoms with Gasteiger partial charge in [-0.05, 0) is 110 Å². The molecular weight excluding hydrogens is 749 g/mol. The third-order valence-corrected chi connectivity index (χ3v) is 11.7. The van der Waals surface area contributed by atoms with Gasteiger partial charge in [0, 0.05) is 37.9 Å². The predicted octanol–water partition coefficient (Wildman–Crippen LogP) is 14.3. The normalized spacial score (nSPS) is 17.2. The standard InChI is InChI=1S/C52H90N2O6/c1-4-6-8-10-12-14-16-18-20-22-24-26-28-30-32-36-43-52(44-37-33-31-29-27-25-23-21-19-17-15-13-11-9-7-5-2)58-47-48(59-52)42-46-53(3)45-38-34-35-39-51(57)60-54-49(55)40-41-50(54)56/h12-15,18-21,40-41,48,55-56H,4-11,16-17,22-39,42-47H2,1-3H3. The summed E-state index contributed by atoms with van der Waals surface area (Å²) in [5.41, 5.74) is 0.